The topological polar surface area (TPSA) is 112 Å². The van der Waals surface area contributed by atoms with E-state index in [1.807, 2.05) is 12.1 Å². The molecule has 2 aliphatic heterocycles. The minimum absolute atomic E-state index is 0.194. The molecule has 5 rings (SSSR count). The van der Waals surface area contributed by atoms with E-state index in [-0.39, 0.29) is 23.2 Å². The van der Waals surface area contributed by atoms with Gasteiger partial charge >= 0.3 is 0 Å². The smallest absolute Gasteiger partial charge is 0.256 e. The van der Waals surface area contributed by atoms with Crippen LogP contribution in [0.5, 0.6) is 0 Å². The van der Waals surface area contributed by atoms with E-state index in [1.165, 1.54) is 12.1 Å². The molecule has 2 fully saturated rings. The first-order chi connectivity index (χ1) is 17.6. The Hall–Kier alpha value is -2.60. The number of piperazine rings is 1. The molecular formula is C24H29Cl2N7O3S. The number of hydrogen-bond acceptors (Lipinski definition) is 7. The van der Waals surface area contributed by atoms with Crippen molar-refractivity contribution in [1.82, 2.24) is 24.8 Å². The maximum Gasteiger partial charge on any atom is 0.256 e. The summed E-state index contributed by atoms with van der Waals surface area (Å²) < 4.78 is 28.1. The number of carbonyl (C=O) groups is 1. The predicted molar refractivity (Wildman–Crippen MR) is 145 cm³/mol. The average molecular weight is 567 g/mol. The van der Waals surface area contributed by atoms with Crippen LogP contribution in [0, 0.1) is 0 Å². The van der Waals surface area contributed by atoms with Crippen molar-refractivity contribution in [3.63, 3.8) is 0 Å². The third-order valence-corrected chi connectivity index (χ3v) is 7.72. The Kier molecular flexibility index (Phi) is 7.23. The van der Waals surface area contributed by atoms with Crippen LogP contribution in [0.4, 0.5) is 11.5 Å². The lowest BCUT2D eigenvalue weighted by molar-refractivity contribution is 0.0607. The van der Waals surface area contributed by atoms with Crippen LogP contribution in [0.3, 0.4) is 0 Å². The highest BCUT2D eigenvalue weighted by Crippen LogP contribution is 2.35. The summed E-state index contributed by atoms with van der Waals surface area (Å²) >= 11 is 12.6. The van der Waals surface area contributed by atoms with Gasteiger partial charge in [-0.05, 0) is 44.4 Å². The van der Waals surface area contributed by atoms with Crippen molar-refractivity contribution in [2.75, 3.05) is 42.1 Å². The molecule has 0 saturated carbocycles. The van der Waals surface area contributed by atoms with Crippen LogP contribution >= 0.6 is 23.2 Å². The van der Waals surface area contributed by atoms with Crippen LogP contribution in [-0.2, 0) is 10.0 Å². The highest BCUT2D eigenvalue weighted by Gasteiger charge is 2.33. The van der Waals surface area contributed by atoms with Crippen molar-refractivity contribution in [3.05, 3.63) is 51.8 Å². The summed E-state index contributed by atoms with van der Waals surface area (Å²) in [5, 5.41) is 9.07. The zero-order chi connectivity index (χ0) is 26.3. The van der Waals surface area contributed by atoms with Crippen molar-refractivity contribution >= 4 is 56.3 Å². The highest BCUT2D eigenvalue weighted by molar-refractivity contribution is 7.92. The summed E-state index contributed by atoms with van der Waals surface area (Å²) in [6, 6.07) is 8.28. The summed E-state index contributed by atoms with van der Waals surface area (Å²) in [5.74, 6) is 0.551. The first-order valence-corrected chi connectivity index (χ1v) is 14.9. The Morgan fingerprint density at radius 1 is 1.16 bits per heavy atom. The molecule has 0 bridgehead atoms. The molecule has 37 heavy (non-hydrogen) atoms. The van der Waals surface area contributed by atoms with E-state index in [0.717, 1.165) is 51.0 Å². The maximum absolute atomic E-state index is 13.8. The van der Waals surface area contributed by atoms with E-state index in [0.29, 0.717) is 34.1 Å². The van der Waals surface area contributed by atoms with E-state index >= 15 is 0 Å². The lowest BCUT2D eigenvalue weighted by Gasteiger charge is -2.35. The van der Waals surface area contributed by atoms with E-state index in [4.69, 9.17) is 28.3 Å². The van der Waals surface area contributed by atoms with Gasteiger partial charge in [-0.3, -0.25) is 9.52 Å². The number of nitrogens with one attached hydrogen (secondary N) is 2. The van der Waals surface area contributed by atoms with E-state index in [9.17, 15) is 13.2 Å². The first kappa shape index (κ1) is 26.0. The molecule has 0 radical (unpaired) electrons. The van der Waals surface area contributed by atoms with Crippen LogP contribution in [-0.4, -0.2) is 72.3 Å². The maximum atomic E-state index is 13.8. The van der Waals surface area contributed by atoms with E-state index < -0.39 is 10.0 Å². The largest absolute Gasteiger partial charge is 0.354 e. The minimum atomic E-state index is -3.59. The molecular weight excluding hydrogens is 537 g/mol. The second kappa shape index (κ2) is 10.3. The second-order valence-electron chi connectivity index (χ2n) is 9.65. The van der Waals surface area contributed by atoms with Gasteiger partial charge in [0.25, 0.3) is 5.91 Å². The number of anilines is 2. The fourth-order valence-corrected chi connectivity index (χ4v) is 6.03. The van der Waals surface area contributed by atoms with Crippen molar-refractivity contribution in [2.45, 2.75) is 38.3 Å². The monoisotopic (exact) mass is 565 g/mol. The molecule has 2 aromatic heterocycles. The Morgan fingerprint density at radius 2 is 1.97 bits per heavy atom. The number of nitrogens with zero attached hydrogens (tertiary/aromatic N) is 5. The summed E-state index contributed by atoms with van der Waals surface area (Å²) in [6.45, 7) is 5.12. The molecule has 10 nitrogen and oxygen atoms in total. The number of rotatable bonds is 5. The molecule has 2 atom stereocenters. The highest BCUT2D eigenvalue weighted by atomic mass is 35.5. The zero-order valence-corrected chi connectivity index (χ0v) is 22.9. The second-order valence-corrected chi connectivity index (χ2v) is 12.2. The predicted octanol–water partition coefficient (Wildman–Crippen LogP) is 3.57. The Labute approximate surface area is 226 Å². The minimum Gasteiger partial charge on any atom is -0.354 e. The normalized spacial score (nSPS) is 20.9. The van der Waals surface area contributed by atoms with Crippen molar-refractivity contribution in [2.24, 2.45) is 0 Å². The third-order valence-electron chi connectivity index (χ3n) is 6.70. The quantitative estimate of drug-likeness (QED) is 0.454. The van der Waals surface area contributed by atoms with Gasteiger partial charge in [0.1, 0.15) is 11.0 Å². The van der Waals surface area contributed by atoms with Crippen molar-refractivity contribution < 1.29 is 13.2 Å². The molecule has 0 aliphatic carbocycles. The zero-order valence-electron chi connectivity index (χ0n) is 20.6. The number of sulfonamides is 1. The summed E-state index contributed by atoms with van der Waals surface area (Å²) in [5.41, 5.74) is 1.72. The Balaban J connectivity index is 1.52. The molecule has 2 saturated heterocycles. The van der Waals surface area contributed by atoms with Crippen LogP contribution in [0.1, 0.15) is 48.3 Å². The molecule has 0 unspecified atom stereocenters. The first-order valence-electron chi connectivity index (χ1n) is 12.2. The van der Waals surface area contributed by atoms with Gasteiger partial charge in [0.2, 0.25) is 10.0 Å². The Morgan fingerprint density at radius 3 is 2.73 bits per heavy atom. The van der Waals surface area contributed by atoms with E-state index in [2.05, 4.69) is 26.8 Å². The van der Waals surface area contributed by atoms with Crippen LogP contribution < -0.4 is 14.9 Å². The fourth-order valence-electron chi connectivity index (χ4n) is 5.09. The van der Waals surface area contributed by atoms with Crippen LogP contribution in [0.2, 0.25) is 10.2 Å². The Bertz CT molecular complexity index is 1450. The average Bonchev–Trinajstić information content (AvgIpc) is 3.27. The van der Waals surface area contributed by atoms with Gasteiger partial charge in [0, 0.05) is 49.4 Å². The number of hydrogen-bond donors (Lipinski definition) is 2. The third kappa shape index (κ3) is 5.64. The number of amides is 1. The number of aromatic nitrogens is 3. The standard InChI is InChI=1S/C24H29Cl2N7O3S/c1-15-14-31(10-8-27-15)23-13-21(26)28-22-12-19(29-33(22)23)20-5-3-4-9-32(20)24(34)17-11-16(25)6-7-18(17)30-37(2,35)36/h6-7,11-13,15,20,27,30H,3-5,8-10,14H2,1-2H3/t15-,20-/m0/s1. The van der Waals surface area contributed by atoms with Gasteiger partial charge in [0.05, 0.1) is 29.2 Å². The van der Waals surface area contributed by atoms with Crippen molar-refractivity contribution in [1.29, 1.82) is 0 Å². The molecule has 198 valence electrons. The van der Waals surface area contributed by atoms with Gasteiger partial charge in [-0.2, -0.15) is 9.61 Å². The van der Waals surface area contributed by atoms with Crippen LogP contribution in [0.15, 0.2) is 30.3 Å². The van der Waals surface area contributed by atoms with E-state index in [1.54, 1.807) is 15.5 Å². The molecule has 2 N–H and O–H groups in total. The number of carbonyl (C=O) groups excluding carboxylic acids is 1. The SMILES string of the molecule is C[C@H]1CN(c2cc(Cl)nc3cc([C@@H]4CCCCN4C(=O)c4cc(Cl)ccc4NS(C)(=O)=O)nn23)CCN1. The van der Waals surface area contributed by atoms with Gasteiger partial charge in [0.15, 0.2) is 5.65 Å². The van der Waals surface area contributed by atoms with Crippen LogP contribution in [0.25, 0.3) is 5.65 Å². The molecule has 1 aromatic carbocycles. The number of piperidine rings is 1. The molecule has 4 heterocycles. The summed E-state index contributed by atoms with van der Waals surface area (Å²) in [4.78, 5) is 22.3. The fraction of sp³-hybridized carbons (Fsp3) is 0.458. The number of benzene rings is 1. The summed E-state index contributed by atoms with van der Waals surface area (Å²) in [7, 11) is -3.59. The van der Waals surface area contributed by atoms with Gasteiger partial charge < -0.3 is 15.1 Å². The lowest BCUT2D eigenvalue weighted by atomic mass is 9.98. The van der Waals surface area contributed by atoms with Gasteiger partial charge in [-0.25, -0.2) is 13.4 Å². The number of halogens is 2. The van der Waals surface area contributed by atoms with Crippen molar-refractivity contribution in [3.8, 4) is 0 Å². The molecule has 3 aromatic rings. The number of fused-ring (bicyclic) bond motifs is 1. The van der Waals surface area contributed by atoms with Gasteiger partial charge in [-0.15, -0.1) is 0 Å². The molecule has 13 heteroatoms. The summed E-state index contributed by atoms with van der Waals surface area (Å²) in [6.07, 6.45) is 3.53. The lowest BCUT2D eigenvalue weighted by Crippen LogP contribution is -2.49. The molecule has 0 spiro atoms. The molecule has 1 amide bonds. The molecule has 2 aliphatic rings. The number of likely N-dealkylation sites (tertiary alicyclic amines) is 1. The van der Waals surface area contributed by atoms with Gasteiger partial charge in [-0.1, -0.05) is 23.2 Å².